The number of hydrogen-bond acceptors (Lipinski definition) is 5. The van der Waals surface area contributed by atoms with Crippen molar-refractivity contribution in [1.82, 2.24) is 4.90 Å². The second-order valence-corrected chi connectivity index (χ2v) is 5.64. The molecule has 0 spiro atoms. The zero-order valence-electron chi connectivity index (χ0n) is 15.0. The van der Waals surface area contributed by atoms with Crippen LogP contribution in [-0.2, 0) is 11.3 Å². The Labute approximate surface area is 148 Å². The lowest BCUT2D eigenvalue weighted by molar-refractivity contribution is -0.117. The summed E-state index contributed by atoms with van der Waals surface area (Å²) >= 11 is 0. The Morgan fingerprint density at radius 3 is 2.44 bits per heavy atom. The van der Waals surface area contributed by atoms with Crippen LogP contribution in [0, 0.1) is 0 Å². The topological polar surface area (TPSA) is 60.0 Å². The van der Waals surface area contributed by atoms with Crippen LogP contribution in [-0.4, -0.2) is 45.7 Å². The molecule has 0 aromatic heterocycles. The van der Waals surface area contributed by atoms with Gasteiger partial charge in [0, 0.05) is 18.3 Å². The van der Waals surface area contributed by atoms with Crippen molar-refractivity contribution < 1.29 is 19.0 Å². The van der Waals surface area contributed by atoms with Crippen molar-refractivity contribution in [2.45, 2.75) is 6.54 Å². The molecular weight excluding hydrogens is 320 g/mol. The smallest absolute Gasteiger partial charge is 0.238 e. The normalized spacial score (nSPS) is 10.4. The maximum Gasteiger partial charge on any atom is 0.238 e. The third kappa shape index (κ3) is 5.39. The summed E-state index contributed by atoms with van der Waals surface area (Å²) in [6, 6.07) is 13.0. The van der Waals surface area contributed by atoms with Gasteiger partial charge < -0.3 is 19.5 Å². The first-order valence-corrected chi connectivity index (χ1v) is 7.89. The van der Waals surface area contributed by atoms with Gasteiger partial charge >= 0.3 is 0 Å². The van der Waals surface area contributed by atoms with Gasteiger partial charge in [-0.1, -0.05) is 12.1 Å². The predicted octanol–water partition coefficient (Wildman–Crippen LogP) is 2.78. The van der Waals surface area contributed by atoms with E-state index in [1.54, 1.807) is 27.4 Å². The first kappa shape index (κ1) is 18.6. The number of methoxy groups -OCH3 is 3. The minimum absolute atomic E-state index is 0.0868. The molecule has 0 aliphatic carbocycles. The van der Waals surface area contributed by atoms with Gasteiger partial charge in [-0.25, -0.2) is 0 Å². The number of carbonyl (C=O) groups is 1. The average Bonchev–Trinajstić information content (AvgIpc) is 2.61. The van der Waals surface area contributed by atoms with E-state index in [-0.39, 0.29) is 12.5 Å². The molecule has 0 atom stereocenters. The average molecular weight is 344 g/mol. The molecule has 25 heavy (non-hydrogen) atoms. The van der Waals surface area contributed by atoms with E-state index in [9.17, 15) is 4.79 Å². The highest BCUT2D eigenvalue weighted by atomic mass is 16.5. The number of ether oxygens (including phenoxy) is 3. The van der Waals surface area contributed by atoms with Crippen molar-refractivity contribution >= 4 is 11.6 Å². The molecule has 1 amide bonds. The molecule has 0 heterocycles. The summed E-state index contributed by atoms with van der Waals surface area (Å²) in [5.74, 6) is 1.98. The van der Waals surface area contributed by atoms with Gasteiger partial charge in [-0.15, -0.1) is 0 Å². The molecule has 134 valence electrons. The SMILES string of the molecule is COc1cccc(NC(=O)CN(C)Cc2ccc(OC)c(OC)c2)c1. The Morgan fingerprint density at radius 2 is 1.76 bits per heavy atom. The fraction of sp³-hybridized carbons (Fsp3) is 0.316. The number of rotatable bonds is 8. The molecule has 0 bridgehead atoms. The highest BCUT2D eigenvalue weighted by Crippen LogP contribution is 2.27. The van der Waals surface area contributed by atoms with E-state index < -0.39 is 0 Å². The van der Waals surface area contributed by atoms with Crippen LogP contribution in [0.25, 0.3) is 0 Å². The number of carbonyl (C=O) groups excluding carboxylic acids is 1. The third-order valence-electron chi connectivity index (χ3n) is 3.67. The molecule has 0 radical (unpaired) electrons. The molecule has 0 fully saturated rings. The Morgan fingerprint density at radius 1 is 1.00 bits per heavy atom. The Balaban J connectivity index is 1.92. The summed E-state index contributed by atoms with van der Waals surface area (Å²) < 4.78 is 15.7. The highest BCUT2D eigenvalue weighted by molar-refractivity contribution is 5.92. The third-order valence-corrected chi connectivity index (χ3v) is 3.67. The number of likely N-dealkylation sites (N-methyl/N-ethyl adjacent to an activating group) is 1. The second kappa shape index (κ2) is 8.94. The maximum atomic E-state index is 12.2. The van der Waals surface area contributed by atoms with Crippen molar-refractivity contribution in [1.29, 1.82) is 0 Å². The van der Waals surface area contributed by atoms with E-state index in [0.717, 1.165) is 5.56 Å². The summed E-state index contributed by atoms with van der Waals surface area (Å²) in [6.45, 7) is 0.886. The fourth-order valence-electron chi connectivity index (χ4n) is 2.49. The number of nitrogens with zero attached hydrogens (tertiary/aromatic N) is 1. The molecule has 0 saturated heterocycles. The van der Waals surface area contributed by atoms with E-state index in [1.165, 1.54) is 0 Å². The molecule has 1 N–H and O–H groups in total. The Kier molecular flexibility index (Phi) is 6.65. The molecular formula is C19H24N2O4. The second-order valence-electron chi connectivity index (χ2n) is 5.64. The van der Waals surface area contributed by atoms with Crippen LogP contribution in [0.4, 0.5) is 5.69 Å². The number of anilines is 1. The summed E-state index contributed by atoms with van der Waals surface area (Å²) in [5, 5.41) is 2.87. The number of benzene rings is 2. The van der Waals surface area contributed by atoms with Crippen molar-refractivity contribution in [2.24, 2.45) is 0 Å². The van der Waals surface area contributed by atoms with Crippen molar-refractivity contribution in [2.75, 3.05) is 40.2 Å². The lowest BCUT2D eigenvalue weighted by Crippen LogP contribution is -2.29. The summed E-state index contributed by atoms with van der Waals surface area (Å²) in [4.78, 5) is 14.1. The van der Waals surface area contributed by atoms with Crippen LogP contribution >= 0.6 is 0 Å². The van der Waals surface area contributed by atoms with Gasteiger partial charge in [0.1, 0.15) is 5.75 Å². The highest BCUT2D eigenvalue weighted by Gasteiger charge is 2.10. The van der Waals surface area contributed by atoms with Gasteiger partial charge in [0.2, 0.25) is 5.91 Å². The first-order valence-electron chi connectivity index (χ1n) is 7.89. The quantitative estimate of drug-likeness (QED) is 0.798. The zero-order valence-corrected chi connectivity index (χ0v) is 15.0. The predicted molar refractivity (Wildman–Crippen MR) is 97.5 cm³/mol. The molecule has 0 aliphatic rings. The molecule has 2 aromatic rings. The molecule has 0 unspecified atom stereocenters. The minimum Gasteiger partial charge on any atom is -0.497 e. The lowest BCUT2D eigenvalue weighted by atomic mass is 10.2. The maximum absolute atomic E-state index is 12.2. The molecule has 0 saturated carbocycles. The number of hydrogen-bond donors (Lipinski definition) is 1. The molecule has 6 heteroatoms. The zero-order chi connectivity index (χ0) is 18.2. The summed E-state index contributed by atoms with van der Waals surface area (Å²) in [5.41, 5.74) is 1.75. The number of nitrogens with one attached hydrogen (secondary N) is 1. The van der Waals surface area contributed by atoms with Gasteiger partial charge in [-0.3, -0.25) is 9.69 Å². The van der Waals surface area contributed by atoms with E-state index >= 15 is 0 Å². The van der Waals surface area contributed by atoms with E-state index in [4.69, 9.17) is 14.2 Å². The van der Waals surface area contributed by atoms with Gasteiger partial charge in [-0.05, 0) is 36.9 Å². The molecule has 0 aliphatic heterocycles. The van der Waals surface area contributed by atoms with E-state index in [2.05, 4.69) is 5.32 Å². The van der Waals surface area contributed by atoms with E-state index in [1.807, 2.05) is 48.3 Å². The van der Waals surface area contributed by atoms with Crippen LogP contribution in [0.5, 0.6) is 17.2 Å². The lowest BCUT2D eigenvalue weighted by Gasteiger charge is -2.17. The van der Waals surface area contributed by atoms with Crippen molar-refractivity contribution in [3.05, 3.63) is 48.0 Å². The van der Waals surface area contributed by atoms with Crippen LogP contribution in [0.1, 0.15) is 5.56 Å². The largest absolute Gasteiger partial charge is 0.497 e. The summed E-state index contributed by atoms with van der Waals surface area (Å²) in [6.07, 6.45) is 0. The minimum atomic E-state index is -0.0868. The molecule has 6 nitrogen and oxygen atoms in total. The standard InChI is InChI=1S/C19H24N2O4/c1-21(12-14-8-9-17(24-3)18(10-14)25-4)13-19(22)20-15-6-5-7-16(11-15)23-2/h5-11H,12-13H2,1-4H3,(H,20,22). The first-order chi connectivity index (χ1) is 12.0. The van der Waals surface area contributed by atoms with Crippen LogP contribution in [0.2, 0.25) is 0 Å². The van der Waals surface area contributed by atoms with Crippen molar-refractivity contribution in [3.8, 4) is 17.2 Å². The molecule has 2 aromatic carbocycles. The number of amides is 1. The van der Waals surface area contributed by atoms with Gasteiger partial charge in [0.05, 0.1) is 27.9 Å². The summed E-state index contributed by atoms with van der Waals surface area (Å²) in [7, 11) is 6.69. The fourth-order valence-corrected chi connectivity index (χ4v) is 2.49. The Hall–Kier alpha value is -2.73. The van der Waals surface area contributed by atoms with Crippen LogP contribution in [0.15, 0.2) is 42.5 Å². The van der Waals surface area contributed by atoms with Crippen molar-refractivity contribution in [3.63, 3.8) is 0 Å². The van der Waals surface area contributed by atoms with Gasteiger partial charge in [0.25, 0.3) is 0 Å². The van der Waals surface area contributed by atoms with Crippen LogP contribution in [0.3, 0.4) is 0 Å². The molecule has 2 rings (SSSR count). The van der Waals surface area contributed by atoms with Gasteiger partial charge in [-0.2, -0.15) is 0 Å². The Bertz CT molecular complexity index is 718. The monoisotopic (exact) mass is 344 g/mol. The van der Waals surface area contributed by atoms with E-state index in [0.29, 0.717) is 29.5 Å². The van der Waals surface area contributed by atoms with Gasteiger partial charge in [0.15, 0.2) is 11.5 Å². The van der Waals surface area contributed by atoms with Crippen LogP contribution < -0.4 is 19.5 Å².